The molecular formula is C30H30O. The molecule has 0 fully saturated rings. The Hall–Kier alpha value is -3.06. The Kier molecular flexibility index (Phi) is 4.66. The second kappa shape index (κ2) is 7.27. The Bertz CT molecular complexity index is 1380. The van der Waals surface area contributed by atoms with Crippen LogP contribution in [0.4, 0.5) is 0 Å². The van der Waals surface area contributed by atoms with Crippen molar-refractivity contribution in [2.45, 2.75) is 51.4 Å². The summed E-state index contributed by atoms with van der Waals surface area (Å²) in [5.74, 6) is 0. The van der Waals surface area contributed by atoms with Crippen LogP contribution in [-0.2, 0) is 10.8 Å². The number of fused-ring (bicyclic) bond motifs is 4. The topological polar surface area (TPSA) is 13.1 Å². The van der Waals surface area contributed by atoms with Gasteiger partial charge in [0.15, 0.2) is 0 Å². The number of rotatable bonds is 5. The zero-order valence-corrected chi connectivity index (χ0v) is 18.9. The Morgan fingerprint density at radius 3 is 1.90 bits per heavy atom. The number of hydrogen-bond acceptors (Lipinski definition) is 1. The van der Waals surface area contributed by atoms with E-state index in [4.69, 9.17) is 4.42 Å². The van der Waals surface area contributed by atoms with Crippen molar-refractivity contribution in [3.63, 3.8) is 0 Å². The van der Waals surface area contributed by atoms with Crippen LogP contribution in [0.15, 0.2) is 89.3 Å². The van der Waals surface area contributed by atoms with Crippen molar-refractivity contribution in [2.24, 2.45) is 0 Å². The summed E-state index contributed by atoms with van der Waals surface area (Å²) in [4.78, 5) is 0. The highest BCUT2D eigenvalue weighted by Gasteiger charge is 2.28. The summed E-state index contributed by atoms with van der Waals surface area (Å²) in [6.07, 6.45) is 2.23. The number of para-hydroxylation sites is 1. The average molecular weight is 407 g/mol. The molecule has 0 bridgehead atoms. The zero-order chi connectivity index (χ0) is 21.6. The summed E-state index contributed by atoms with van der Waals surface area (Å²) in [5.41, 5.74) is 4.89. The molecule has 5 aromatic rings. The minimum atomic E-state index is 0.0707. The Morgan fingerprint density at radius 2 is 1.13 bits per heavy atom. The Morgan fingerprint density at radius 1 is 0.548 bits per heavy atom. The molecule has 31 heavy (non-hydrogen) atoms. The minimum absolute atomic E-state index is 0.0707. The third kappa shape index (κ3) is 3.63. The van der Waals surface area contributed by atoms with Gasteiger partial charge in [0.25, 0.3) is 0 Å². The lowest BCUT2D eigenvalue weighted by molar-refractivity contribution is 0.375. The Labute approximate surface area is 184 Å². The molecule has 1 heterocycles. The standard InChI is InChI=1S/C30H30O/c1-29(2,23-14-13-21-9-5-6-10-22(21)19-23)17-18-30(3,4)24-15-16-26-25-11-7-8-12-27(25)31-28(26)20-24/h5-16,19-20H,17-18H2,1-4H3. The molecule has 156 valence electrons. The first kappa shape index (κ1) is 19.9. The van der Waals surface area contributed by atoms with Crippen LogP contribution in [0.25, 0.3) is 32.7 Å². The van der Waals surface area contributed by atoms with Gasteiger partial charge in [-0.25, -0.2) is 0 Å². The molecule has 0 amide bonds. The van der Waals surface area contributed by atoms with Crippen LogP contribution in [0.1, 0.15) is 51.7 Å². The number of furan rings is 1. The predicted octanol–water partition coefficient (Wildman–Crippen LogP) is 8.77. The summed E-state index contributed by atoms with van der Waals surface area (Å²) < 4.78 is 6.14. The maximum Gasteiger partial charge on any atom is 0.135 e. The van der Waals surface area contributed by atoms with E-state index in [0.717, 1.165) is 24.0 Å². The van der Waals surface area contributed by atoms with Crippen LogP contribution < -0.4 is 0 Å². The summed E-state index contributed by atoms with van der Waals surface area (Å²) >= 11 is 0. The first-order valence-electron chi connectivity index (χ1n) is 11.2. The van der Waals surface area contributed by atoms with Gasteiger partial charge < -0.3 is 4.42 Å². The highest BCUT2D eigenvalue weighted by atomic mass is 16.3. The molecule has 1 nitrogen and oxygen atoms in total. The van der Waals surface area contributed by atoms with E-state index >= 15 is 0 Å². The molecular weight excluding hydrogens is 376 g/mol. The quantitative estimate of drug-likeness (QED) is 0.284. The summed E-state index contributed by atoms with van der Waals surface area (Å²) in [6, 6.07) is 30.6. The lowest BCUT2D eigenvalue weighted by Gasteiger charge is -2.32. The molecule has 0 aliphatic rings. The van der Waals surface area contributed by atoms with Gasteiger partial charge in [-0.2, -0.15) is 0 Å². The molecule has 1 heteroatoms. The molecule has 0 atom stereocenters. The third-order valence-electron chi connectivity index (χ3n) is 7.07. The monoisotopic (exact) mass is 406 g/mol. The van der Waals surface area contributed by atoms with E-state index in [9.17, 15) is 0 Å². The Balaban J connectivity index is 1.40. The van der Waals surface area contributed by atoms with Gasteiger partial charge in [-0.3, -0.25) is 0 Å². The van der Waals surface area contributed by atoms with Gasteiger partial charge in [0, 0.05) is 10.8 Å². The van der Waals surface area contributed by atoms with Crippen molar-refractivity contribution in [2.75, 3.05) is 0 Å². The molecule has 0 aliphatic heterocycles. The first-order chi connectivity index (χ1) is 14.8. The fourth-order valence-electron chi connectivity index (χ4n) is 4.67. The molecule has 5 rings (SSSR count). The molecule has 0 unspecified atom stereocenters. The maximum absolute atomic E-state index is 6.14. The molecule has 1 aromatic heterocycles. The van der Waals surface area contributed by atoms with E-state index < -0.39 is 0 Å². The van der Waals surface area contributed by atoms with Crippen molar-refractivity contribution >= 4 is 32.7 Å². The van der Waals surface area contributed by atoms with Gasteiger partial charge >= 0.3 is 0 Å². The first-order valence-corrected chi connectivity index (χ1v) is 11.2. The molecule has 4 aromatic carbocycles. The highest BCUT2D eigenvalue weighted by molar-refractivity contribution is 6.04. The van der Waals surface area contributed by atoms with Crippen molar-refractivity contribution in [1.82, 2.24) is 0 Å². The molecule has 0 aliphatic carbocycles. The van der Waals surface area contributed by atoms with E-state index in [1.165, 1.54) is 32.7 Å². The lowest BCUT2D eigenvalue weighted by Crippen LogP contribution is -2.24. The maximum atomic E-state index is 6.14. The van der Waals surface area contributed by atoms with Gasteiger partial charge in [0.05, 0.1) is 0 Å². The van der Waals surface area contributed by atoms with E-state index in [1.807, 2.05) is 12.1 Å². The van der Waals surface area contributed by atoms with E-state index in [0.29, 0.717) is 0 Å². The summed E-state index contributed by atoms with van der Waals surface area (Å²) in [5, 5.41) is 5.02. The van der Waals surface area contributed by atoms with Gasteiger partial charge in [0.2, 0.25) is 0 Å². The molecule has 0 saturated carbocycles. The summed E-state index contributed by atoms with van der Waals surface area (Å²) in [6.45, 7) is 9.45. The van der Waals surface area contributed by atoms with Crippen molar-refractivity contribution < 1.29 is 4.42 Å². The second-order valence-electron chi connectivity index (χ2n) is 10.1. The van der Waals surface area contributed by atoms with Crippen LogP contribution in [0.5, 0.6) is 0 Å². The molecule has 0 radical (unpaired) electrons. The largest absolute Gasteiger partial charge is 0.456 e. The van der Waals surface area contributed by atoms with E-state index in [2.05, 4.69) is 100 Å². The van der Waals surface area contributed by atoms with Gasteiger partial charge in [-0.1, -0.05) is 100 Å². The SMILES string of the molecule is CC(C)(CCC(C)(C)c1ccc2c(c1)oc1ccccc12)c1ccc2ccccc2c1. The number of benzene rings is 4. The van der Waals surface area contributed by atoms with Crippen molar-refractivity contribution in [3.05, 3.63) is 96.1 Å². The predicted molar refractivity (Wildman–Crippen MR) is 133 cm³/mol. The van der Waals surface area contributed by atoms with Gasteiger partial charge in [-0.05, 0) is 57.7 Å². The van der Waals surface area contributed by atoms with Crippen LogP contribution in [-0.4, -0.2) is 0 Å². The van der Waals surface area contributed by atoms with Gasteiger partial charge in [0.1, 0.15) is 11.2 Å². The van der Waals surface area contributed by atoms with E-state index in [1.54, 1.807) is 0 Å². The zero-order valence-electron chi connectivity index (χ0n) is 18.9. The fourth-order valence-corrected chi connectivity index (χ4v) is 4.67. The normalized spacial score (nSPS) is 12.8. The molecule has 0 spiro atoms. The molecule has 0 saturated heterocycles. The minimum Gasteiger partial charge on any atom is -0.456 e. The fraction of sp³-hybridized carbons (Fsp3) is 0.267. The second-order valence-corrected chi connectivity index (χ2v) is 10.1. The number of hydrogen-bond donors (Lipinski definition) is 0. The van der Waals surface area contributed by atoms with Crippen molar-refractivity contribution in [1.29, 1.82) is 0 Å². The van der Waals surface area contributed by atoms with Gasteiger partial charge in [-0.15, -0.1) is 0 Å². The smallest absolute Gasteiger partial charge is 0.135 e. The van der Waals surface area contributed by atoms with Crippen LogP contribution in [0, 0.1) is 0 Å². The summed E-state index contributed by atoms with van der Waals surface area (Å²) in [7, 11) is 0. The lowest BCUT2D eigenvalue weighted by atomic mass is 9.72. The van der Waals surface area contributed by atoms with Crippen LogP contribution in [0.2, 0.25) is 0 Å². The van der Waals surface area contributed by atoms with Crippen LogP contribution in [0.3, 0.4) is 0 Å². The average Bonchev–Trinajstić information content (AvgIpc) is 3.15. The highest BCUT2D eigenvalue weighted by Crippen LogP contribution is 2.39. The third-order valence-corrected chi connectivity index (χ3v) is 7.07. The van der Waals surface area contributed by atoms with E-state index in [-0.39, 0.29) is 10.8 Å². The van der Waals surface area contributed by atoms with Crippen molar-refractivity contribution in [3.8, 4) is 0 Å². The molecule has 0 N–H and O–H groups in total. The van der Waals surface area contributed by atoms with Crippen LogP contribution >= 0.6 is 0 Å².